The second-order valence-corrected chi connectivity index (χ2v) is 9.91. The molecule has 2 aromatic carbocycles. The molecular weight excluding hydrogens is 511 g/mol. The molecule has 10 nitrogen and oxygen atoms in total. The monoisotopic (exact) mass is 540 g/mol. The van der Waals surface area contributed by atoms with Gasteiger partial charge >= 0.3 is 11.9 Å². The molecule has 1 saturated heterocycles. The average Bonchev–Trinajstić information content (AvgIpc) is 3.56. The standard InChI is InChI=1S/C29H29FN8O2/c1-36(2)23-9-7-21(8-10-23)33-28(39)37-15-12-22(13-16-37)32-27-31-14-11-24(34-27)26-25(19-3-5-20(30)6-4-19)35-29-38(26)17-18-40-29/h3-11,14,17-18,22H,12-13,15-16H2,1-2H3,(H,33,39)(H,31,32,34). The number of likely N-dealkylation sites (tertiary alicyclic amines) is 1. The van der Waals surface area contributed by atoms with E-state index in [4.69, 9.17) is 9.40 Å². The van der Waals surface area contributed by atoms with Crippen molar-refractivity contribution in [2.75, 3.05) is 42.7 Å². The van der Waals surface area contributed by atoms with E-state index in [1.807, 2.05) is 58.6 Å². The van der Waals surface area contributed by atoms with Crippen LogP contribution in [0.25, 0.3) is 28.5 Å². The van der Waals surface area contributed by atoms with E-state index in [1.165, 1.54) is 12.1 Å². The minimum absolute atomic E-state index is 0.104. The van der Waals surface area contributed by atoms with Crippen LogP contribution in [0.2, 0.25) is 0 Å². The average molecular weight is 541 g/mol. The smallest absolute Gasteiger partial charge is 0.321 e. The van der Waals surface area contributed by atoms with Crippen LogP contribution in [0.1, 0.15) is 12.8 Å². The fraction of sp³-hybridized carbons (Fsp3) is 0.241. The summed E-state index contributed by atoms with van der Waals surface area (Å²) in [6.07, 6.45) is 6.56. The fourth-order valence-electron chi connectivity index (χ4n) is 4.85. The molecule has 1 aliphatic heterocycles. The number of anilines is 3. The Balaban J connectivity index is 1.13. The van der Waals surface area contributed by atoms with E-state index in [1.54, 1.807) is 30.8 Å². The molecule has 2 amide bonds. The Morgan fingerprint density at radius 1 is 1.02 bits per heavy atom. The van der Waals surface area contributed by atoms with Gasteiger partial charge in [-0.05, 0) is 67.4 Å². The summed E-state index contributed by atoms with van der Waals surface area (Å²) in [5.74, 6) is 0.593. The zero-order valence-corrected chi connectivity index (χ0v) is 22.2. The maximum Gasteiger partial charge on any atom is 0.321 e. The van der Waals surface area contributed by atoms with Crippen molar-refractivity contribution in [3.05, 3.63) is 79.1 Å². The van der Waals surface area contributed by atoms with E-state index < -0.39 is 0 Å². The maximum atomic E-state index is 13.6. The summed E-state index contributed by atoms with van der Waals surface area (Å²) >= 11 is 0. The van der Waals surface area contributed by atoms with Crippen LogP contribution in [0.3, 0.4) is 0 Å². The van der Waals surface area contributed by atoms with E-state index in [0.29, 0.717) is 36.3 Å². The van der Waals surface area contributed by atoms with Crippen LogP contribution in [0.15, 0.2) is 77.7 Å². The number of oxazole rings is 1. The Kier molecular flexibility index (Phi) is 6.77. The van der Waals surface area contributed by atoms with E-state index >= 15 is 0 Å². The Morgan fingerprint density at radius 2 is 1.77 bits per heavy atom. The van der Waals surface area contributed by atoms with Crippen LogP contribution >= 0.6 is 0 Å². The minimum Gasteiger partial charge on any atom is -0.432 e. The molecule has 5 aromatic rings. The van der Waals surface area contributed by atoms with Crippen LogP contribution in [0, 0.1) is 5.82 Å². The van der Waals surface area contributed by atoms with Crippen molar-refractivity contribution in [3.63, 3.8) is 0 Å². The van der Waals surface area contributed by atoms with Crippen molar-refractivity contribution in [3.8, 4) is 22.6 Å². The molecule has 0 atom stereocenters. The summed E-state index contributed by atoms with van der Waals surface area (Å²) in [5.41, 5.74) is 4.62. The van der Waals surface area contributed by atoms with Gasteiger partial charge in [0.15, 0.2) is 0 Å². The quantitative estimate of drug-likeness (QED) is 0.299. The summed E-state index contributed by atoms with van der Waals surface area (Å²) in [7, 11) is 3.96. The number of hydrogen-bond donors (Lipinski definition) is 2. The van der Waals surface area contributed by atoms with Gasteiger partial charge in [-0.25, -0.2) is 19.2 Å². The number of nitrogens with one attached hydrogen (secondary N) is 2. The topological polar surface area (TPSA) is 104 Å². The van der Waals surface area contributed by atoms with Crippen LogP contribution in [0.5, 0.6) is 0 Å². The zero-order chi connectivity index (χ0) is 27.6. The van der Waals surface area contributed by atoms with Gasteiger partial charge in [0.25, 0.3) is 0 Å². The Morgan fingerprint density at radius 3 is 2.50 bits per heavy atom. The highest BCUT2D eigenvalue weighted by molar-refractivity contribution is 5.89. The van der Waals surface area contributed by atoms with Gasteiger partial charge in [-0.2, -0.15) is 4.98 Å². The fourth-order valence-corrected chi connectivity index (χ4v) is 4.85. The van der Waals surface area contributed by atoms with Crippen molar-refractivity contribution in [2.24, 2.45) is 0 Å². The number of halogens is 1. The lowest BCUT2D eigenvalue weighted by Gasteiger charge is -2.32. The van der Waals surface area contributed by atoms with Crippen molar-refractivity contribution in [1.29, 1.82) is 0 Å². The van der Waals surface area contributed by atoms with Gasteiger partial charge in [0, 0.05) is 62.6 Å². The first-order valence-electron chi connectivity index (χ1n) is 13.1. The molecule has 3 aromatic heterocycles. The molecule has 1 fully saturated rings. The summed E-state index contributed by atoms with van der Waals surface area (Å²) in [4.78, 5) is 30.5. The first-order valence-corrected chi connectivity index (χ1v) is 13.1. The number of amides is 2. The molecule has 0 aliphatic carbocycles. The van der Waals surface area contributed by atoms with E-state index in [2.05, 4.69) is 20.6 Å². The number of nitrogens with zero attached hydrogens (tertiary/aromatic N) is 6. The second-order valence-electron chi connectivity index (χ2n) is 9.91. The maximum absolute atomic E-state index is 13.6. The number of aromatic nitrogens is 4. The van der Waals surface area contributed by atoms with E-state index in [-0.39, 0.29) is 17.9 Å². The second kappa shape index (κ2) is 10.7. The number of hydrogen-bond acceptors (Lipinski definition) is 7. The zero-order valence-electron chi connectivity index (χ0n) is 22.2. The van der Waals surface area contributed by atoms with Crippen LogP contribution in [-0.4, -0.2) is 63.5 Å². The van der Waals surface area contributed by atoms with E-state index in [0.717, 1.165) is 35.5 Å². The van der Waals surface area contributed by atoms with Crippen molar-refractivity contribution in [1.82, 2.24) is 24.3 Å². The lowest BCUT2D eigenvalue weighted by atomic mass is 10.1. The normalized spacial score (nSPS) is 13.9. The van der Waals surface area contributed by atoms with Crippen molar-refractivity contribution < 1.29 is 13.6 Å². The van der Waals surface area contributed by atoms with Crippen LogP contribution < -0.4 is 15.5 Å². The molecule has 40 heavy (non-hydrogen) atoms. The highest BCUT2D eigenvalue weighted by Crippen LogP contribution is 2.32. The number of rotatable bonds is 6. The largest absolute Gasteiger partial charge is 0.432 e. The number of benzene rings is 2. The van der Waals surface area contributed by atoms with Gasteiger partial charge in [-0.1, -0.05) is 0 Å². The molecular formula is C29H29FN8O2. The summed E-state index contributed by atoms with van der Waals surface area (Å²) in [5, 5.41) is 6.42. The first-order chi connectivity index (χ1) is 19.4. The van der Waals surface area contributed by atoms with Crippen molar-refractivity contribution >= 4 is 29.2 Å². The molecule has 0 unspecified atom stereocenters. The molecule has 204 valence electrons. The molecule has 4 heterocycles. The van der Waals surface area contributed by atoms with Gasteiger partial charge in [0.2, 0.25) is 5.95 Å². The molecule has 0 bridgehead atoms. The first kappa shape index (κ1) is 25.4. The number of fused-ring (bicyclic) bond motifs is 1. The number of carbonyl (C=O) groups is 1. The number of carbonyl (C=O) groups excluding carboxylic acids is 1. The lowest BCUT2D eigenvalue weighted by Crippen LogP contribution is -2.44. The lowest BCUT2D eigenvalue weighted by molar-refractivity contribution is 0.197. The SMILES string of the molecule is CN(C)c1ccc(NC(=O)N2CCC(Nc3nccc(-c4c(-c5ccc(F)cc5)nc5occn45)n3)CC2)cc1. The molecule has 0 spiro atoms. The number of urea groups is 1. The van der Waals surface area contributed by atoms with Crippen LogP contribution in [-0.2, 0) is 0 Å². The third-order valence-electron chi connectivity index (χ3n) is 7.03. The summed E-state index contributed by atoms with van der Waals surface area (Å²) in [6.45, 7) is 1.23. The summed E-state index contributed by atoms with van der Waals surface area (Å²) < 4.78 is 20.9. The van der Waals surface area contributed by atoms with Crippen LogP contribution in [0.4, 0.5) is 26.5 Å². The third kappa shape index (κ3) is 5.18. The predicted octanol–water partition coefficient (Wildman–Crippen LogP) is 5.36. The predicted molar refractivity (Wildman–Crippen MR) is 152 cm³/mol. The minimum atomic E-state index is -0.316. The van der Waals surface area contributed by atoms with Gasteiger partial charge in [0.05, 0.1) is 5.69 Å². The van der Waals surface area contributed by atoms with E-state index in [9.17, 15) is 9.18 Å². The van der Waals surface area contributed by atoms with Gasteiger partial charge in [-0.3, -0.25) is 4.40 Å². The third-order valence-corrected chi connectivity index (χ3v) is 7.03. The van der Waals surface area contributed by atoms with Gasteiger partial charge in [0.1, 0.15) is 23.5 Å². The molecule has 6 rings (SSSR count). The number of piperidine rings is 1. The van der Waals surface area contributed by atoms with Crippen molar-refractivity contribution in [2.45, 2.75) is 18.9 Å². The molecule has 2 N–H and O–H groups in total. The molecule has 1 aliphatic rings. The molecule has 0 radical (unpaired) electrons. The Bertz CT molecular complexity index is 1620. The van der Waals surface area contributed by atoms with Gasteiger partial charge < -0.3 is 24.9 Å². The Hall–Kier alpha value is -4.93. The number of imidazole rings is 1. The Labute approximate surface area is 230 Å². The highest BCUT2D eigenvalue weighted by atomic mass is 19.1. The summed E-state index contributed by atoms with van der Waals surface area (Å²) in [6, 6.07) is 15.8. The van der Waals surface area contributed by atoms with Gasteiger partial charge in [-0.15, -0.1) is 0 Å². The highest BCUT2D eigenvalue weighted by Gasteiger charge is 2.24. The molecule has 11 heteroatoms. The molecule has 0 saturated carbocycles.